The number of rotatable bonds is 2. The van der Waals surface area contributed by atoms with Crippen LogP contribution in [0.1, 0.15) is 11.4 Å². The van der Waals surface area contributed by atoms with E-state index in [1.54, 1.807) is 0 Å². The maximum atomic E-state index is 6.17. The summed E-state index contributed by atoms with van der Waals surface area (Å²) in [5.41, 5.74) is 3.25. The molecule has 0 aliphatic heterocycles. The zero-order valence-electron chi connectivity index (χ0n) is 10.1. The van der Waals surface area contributed by atoms with Gasteiger partial charge in [-0.2, -0.15) is 0 Å². The first-order valence-electron chi connectivity index (χ1n) is 5.90. The predicted molar refractivity (Wildman–Crippen MR) is 75.0 cm³/mol. The first kappa shape index (κ1) is 11.3. The number of hydrogen-bond donors (Lipinski definition) is 0. The number of nitrogens with zero attached hydrogens (tertiary/aromatic N) is 2. The quantitative estimate of drug-likeness (QED) is 0.676. The van der Waals surface area contributed by atoms with Crippen LogP contribution in [0.15, 0.2) is 48.7 Å². The van der Waals surface area contributed by atoms with Gasteiger partial charge in [0.05, 0.1) is 12.2 Å². The lowest BCUT2D eigenvalue weighted by molar-refractivity contribution is 0.802. The molecule has 0 saturated carbocycles. The van der Waals surface area contributed by atoms with Crippen LogP contribution in [0.4, 0.5) is 0 Å². The van der Waals surface area contributed by atoms with Gasteiger partial charge in [0.2, 0.25) is 0 Å². The van der Waals surface area contributed by atoms with E-state index < -0.39 is 0 Å². The molecule has 1 aromatic carbocycles. The van der Waals surface area contributed by atoms with E-state index in [9.17, 15) is 0 Å². The summed E-state index contributed by atoms with van der Waals surface area (Å²) >= 11 is 6.17. The Kier molecular flexibility index (Phi) is 2.80. The third kappa shape index (κ3) is 2.00. The van der Waals surface area contributed by atoms with Crippen molar-refractivity contribution in [2.24, 2.45) is 0 Å². The SMILES string of the molecule is Cc1cccc(Cn2ccc3c(Cl)cccc32)n1. The second kappa shape index (κ2) is 4.46. The van der Waals surface area contributed by atoms with Crippen LogP contribution >= 0.6 is 11.6 Å². The van der Waals surface area contributed by atoms with Gasteiger partial charge in [0, 0.05) is 27.8 Å². The molecule has 3 rings (SSSR count). The van der Waals surface area contributed by atoms with Crippen molar-refractivity contribution in [1.29, 1.82) is 0 Å². The molecule has 2 nitrogen and oxygen atoms in total. The third-order valence-corrected chi connectivity index (χ3v) is 3.37. The van der Waals surface area contributed by atoms with Gasteiger partial charge in [-0.1, -0.05) is 23.7 Å². The van der Waals surface area contributed by atoms with Crippen LogP contribution in [0.5, 0.6) is 0 Å². The summed E-state index contributed by atoms with van der Waals surface area (Å²) in [4.78, 5) is 4.52. The number of pyridine rings is 1. The van der Waals surface area contributed by atoms with E-state index in [-0.39, 0.29) is 0 Å². The maximum Gasteiger partial charge on any atom is 0.0648 e. The fourth-order valence-corrected chi connectivity index (χ4v) is 2.42. The second-order valence-corrected chi connectivity index (χ2v) is 4.79. The van der Waals surface area contributed by atoms with E-state index in [0.717, 1.165) is 33.9 Å². The van der Waals surface area contributed by atoms with Crippen molar-refractivity contribution in [2.45, 2.75) is 13.5 Å². The van der Waals surface area contributed by atoms with E-state index in [2.05, 4.69) is 21.8 Å². The van der Waals surface area contributed by atoms with Crippen molar-refractivity contribution in [3.05, 3.63) is 65.1 Å². The molecule has 0 bridgehead atoms. The van der Waals surface area contributed by atoms with E-state index in [4.69, 9.17) is 11.6 Å². The highest BCUT2D eigenvalue weighted by Crippen LogP contribution is 2.24. The molecule has 0 amide bonds. The van der Waals surface area contributed by atoms with Crippen molar-refractivity contribution in [1.82, 2.24) is 9.55 Å². The van der Waals surface area contributed by atoms with Gasteiger partial charge in [0.15, 0.2) is 0 Å². The van der Waals surface area contributed by atoms with Crippen LogP contribution in [0.25, 0.3) is 10.9 Å². The molecule has 0 radical (unpaired) electrons. The number of halogens is 1. The lowest BCUT2D eigenvalue weighted by Crippen LogP contribution is -2.00. The predicted octanol–water partition coefficient (Wildman–Crippen LogP) is 4.05. The van der Waals surface area contributed by atoms with Gasteiger partial charge < -0.3 is 4.57 Å². The monoisotopic (exact) mass is 256 g/mol. The molecule has 0 aliphatic carbocycles. The molecule has 2 heterocycles. The van der Waals surface area contributed by atoms with E-state index in [0.29, 0.717) is 0 Å². The highest BCUT2D eigenvalue weighted by atomic mass is 35.5. The van der Waals surface area contributed by atoms with Crippen molar-refractivity contribution in [3.63, 3.8) is 0 Å². The highest BCUT2D eigenvalue weighted by molar-refractivity contribution is 6.35. The minimum absolute atomic E-state index is 0.769. The lowest BCUT2D eigenvalue weighted by Gasteiger charge is -2.06. The molecule has 0 fully saturated rings. The van der Waals surface area contributed by atoms with E-state index in [1.165, 1.54) is 0 Å². The Morgan fingerprint density at radius 1 is 1.11 bits per heavy atom. The van der Waals surface area contributed by atoms with Crippen LogP contribution in [0.2, 0.25) is 5.02 Å². The molecule has 18 heavy (non-hydrogen) atoms. The Morgan fingerprint density at radius 3 is 2.78 bits per heavy atom. The van der Waals surface area contributed by atoms with Gasteiger partial charge >= 0.3 is 0 Å². The smallest absolute Gasteiger partial charge is 0.0648 e. The van der Waals surface area contributed by atoms with Crippen molar-refractivity contribution in [3.8, 4) is 0 Å². The molecule has 90 valence electrons. The second-order valence-electron chi connectivity index (χ2n) is 4.39. The molecule has 0 N–H and O–H groups in total. The molecule has 0 saturated heterocycles. The summed E-state index contributed by atoms with van der Waals surface area (Å²) in [5, 5.41) is 1.88. The molecule has 2 aromatic heterocycles. The Hall–Kier alpha value is -1.80. The van der Waals surface area contributed by atoms with Crippen LogP contribution in [-0.2, 0) is 6.54 Å². The zero-order chi connectivity index (χ0) is 12.5. The Labute approximate surface area is 111 Å². The summed E-state index contributed by atoms with van der Waals surface area (Å²) in [7, 11) is 0. The fourth-order valence-electron chi connectivity index (χ4n) is 2.19. The number of fused-ring (bicyclic) bond motifs is 1. The van der Waals surface area contributed by atoms with Crippen molar-refractivity contribution < 1.29 is 0 Å². The Bertz CT molecular complexity index is 701. The summed E-state index contributed by atoms with van der Waals surface area (Å²) in [5.74, 6) is 0. The van der Waals surface area contributed by atoms with Gasteiger partial charge in [-0.15, -0.1) is 0 Å². The van der Waals surface area contributed by atoms with E-state index >= 15 is 0 Å². The first-order chi connectivity index (χ1) is 8.74. The van der Waals surface area contributed by atoms with Crippen LogP contribution in [0, 0.1) is 6.92 Å². The van der Waals surface area contributed by atoms with Gasteiger partial charge in [0.25, 0.3) is 0 Å². The Balaban J connectivity index is 2.03. The average molecular weight is 257 g/mol. The van der Waals surface area contributed by atoms with Crippen LogP contribution in [-0.4, -0.2) is 9.55 Å². The fraction of sp³-hybridized carbons (Fsp3) is 0.133. The Morgan fingerprint density at radius 2 is 1.94 bits per heavy atom. The van der Waals surface area contributed by atoms with Crippen molar-refractivity contribution >= 4 is 22.5 Å². The summed E-state index contributed by atoms with van der Waals surface area (Å²) in [6, 6.07) is 14.1. The molecule has 3 heteroatoms. The van der Waals surface area contributed by atoms with Gasteiger partial charge in [-0.25, -0.2) is 0 Å². The minimum atomic E-state index is 0.769. The summed E-state index contributed by atoms with van der Waals surface area (Å²) in [6.07, 6.45) is 2.06. The third-order valence-electron chi connectivity index (χ3n) is 3.04. The summed E-state index contributed by atoms with van der Waals surface area (Å²) < 4.78 is 2.17. The largest absolute Gasteiger partial charge is 0.341 e. The van der Waals surface area contributed by atoms with Gasteiger partial charge in [-0.05, 0) is 37.3 Å². The molecule has 0 spiro atoms. The first-order valence-corrected chi connectivity index (χ1v) is 6.28. The molecule has 0 atom stereocenters. The number of hydrogen-bond acceptors (Lipinski definition) is 1. The van der Waals surface area contributed by atoms with Crippen LogP contribution < -0.4 is 0 Å². The average Bonchev–Trinajstić information content (AvgIpc) is 2.74. The zero-order valence-corrected chi connectivity index (χ0v) is 10.9. The topological polar surface area (TPSA) is 17.8 Å². The number of benzene rings is 1. The van der Waals surface area contributed by atoms with Gasteiger partial charge in [-0.3, -0.25) is 4.98 Å². The molecule has 0 aliphatic rings. The maximum absolute atomic E-state index is 6.17. The molecule has 0 unspecified atom stereocenters. The number of aromatic nitrogens is 2. The lowest BCUT2D eigenvalue weighted by atomic mass is 10.2. The standard InChI is InChI=1S/C15H13ClN2/c1-11-4-2-5-12(17-11)10-18-9-8-13-14(16)6-3-7-15(13)18/h2-9H,10H2,1H3. The van der Waals surface area contributed by atoms with Crippen LogP contribution in [0.3, 0.4) is 0 Å². The highest BCUT2D eigenvalue weighted by Gasteiger charge is 2.05. The van der Waals surface area contributed by atoms with Crippen molar-refractivity contribution in [2.75, 3.05) is 0 Å². The van der Waals surface area contributed by atoms with Gasteiger partial charge in [0.1, 0.15) is 0 Å². The molecular formula is C15H13ClN2. The number of aryl methyl sites for hydroxylation is 1. The normalized spacial score (nSPS) is 11.0. The van der Waals surface area contributed by atoms with E-state index in [1.807, 2.05) is 43.3 Å². The molecule has 3 aromatic rings. The minimum Gasteiger partial charge on any atom is -0.341 e. The molecular weight excluding hydrogens is 244 g/mol. The summed E-state index contributed by atoms with van der Waals surface area (Å²) in [6.45, 7) is 2.78.